The van der Waals surface area contributed by atoms with Gasteiger partial charge in [0.15, 0.2) is 12.3 Å². The minimum Gasteiger partial charge on any atom is -0.482 e. The number of sulfonamides is 1. The molecule has 0 bridgehead atoms. The molecular weight excluding hydrogens is 534 g/mol. The third-order valence-corrected chi connectivity index (χ3v) is 8.55. The lowest BCUT2D eigenvalue weighted by atomic mass is 10.1. The number of carbonyl (C=O) groups excluding carboxylic acids is 2. The summed E-state index contributed by atoms with van der Waals surface area (Å²) in [6.07, 6.45) is 4.00. The van der Waals surface area contributed by atoms with E-state index < -0.39 is 15.9 Å². The van der Waals surface area contributed by atoms with E-state index in [1.165, 1.54) is 24.9 Å². The fourth-order valence-electron chi connectivity index (χ4n) is 3.83. The summed E-state index contributed by atoms with van der Waals surface area (Å²) in [5, 5.41) is 9.31. The highest BCUT2D eigenvalue weighted by Crippen LogP contribution is 2.32. The van der Waals surface area contributed by atoms with Crippen molar-refractivity contribution in [2.75, 3.05) is 16.6 Å². The number of hydrogen-bond donors (Lipinski definition) is 4. The van der Waals surface area contributed by atoms with Crippen LogP contribution in [0, 0.1) is 0 Å². The van der Waals surface area contributed by atoms with Crippen LogP contribution in [0.2, 0.25) is 0 Å². The average molecular weight is 552 g/mol. The molecule has 0 aliphatic carbocycles. The van der Waals surface area contributed by atoms with Gasteiger partial charge in [0.2, 0.25) is 0 Å². The van der Waals surface area contributed by atoms with E-state index in [1.807, 2.05) is 0 Å². The summed E-state index contributed by atoms with van der Waals surface area (Å²) in [6.45, 7) is 0.109. The Kier molecular flexibility index (Phi) is 5.77. The van der Waals surface area contributed by atoms with Gasteiger partial charge in [-0.25, -0.2) is 18.4 Å². The lowest BCUT2D eigenvalue weighted by Crippen LogP contribution is -2.26. The van der Waals surface area contributed by atoms with Crippen LogP contribution in [0.15, 0.2) is 63.9 Å². The average Bonchev–Trinajstić information content (AvgIpc) is 3.68. The monoisotopic (exact) mass is 551 g/mol. The van der Waals surface area contributed by atoms with Crippen molar-refractivity contribution in [2.45, 2.75) is 10.8 Å². The molecule has 192 valence electrons. The van der Waals surface area contributed by atoms with E-state index in [4.69, 9.17) is 9.26 Å². The second-order valence-corrected chi connectivity index (χ2v) is 11.1. The van der Waals surface area contributed by atoms with Gasteiger partial charge in [-0.05, 0) is 29.8 Å². The van der Waals surface area contributed by atoms with E-state index in [1.54, 1.807) is 30.3 Å². The number of rotatable bonds is 7. The highest BCUT2D eigenvalue weighted by atomic mass is 32.2. The van der Waals surface area contributed by atoms with Crippen molar-refractivity contribution in [3.05, 3.63) is 66.4 Å². The number of aromatic amines is 1. The smallest absolute Gasteiger partial charge is 0.272 e. The van der Waals surface area contributed by atoms with Gasteiger partial charge in [0.1, 0.15) is 33.8 Å². The van der Waals surface area contributed by atoms with Gasteiger partial charge >= 0.3 is 0 Å². The first kappa shape index (κ1) is 23.6. The molecule has 13 nitrogen and oxygen atoms in total. The maximum atomic E-state index is 13.0. The number of fused-ring (bicyclic) bond motifs is 2. The summed E-state index contributed by atoms with van der Waals surface area (Å²) < 4.78 is 38.8. The quantitative estimate of drug-likeness (QED) is 0.236. The van der Waals surface area contributed by atoms with Crippen molar-refractivity contribution in [3.8, 4) is 16.3 Å². The number of amides is 2. The zero-order valence-corrected chi connectivity index (χ0v) is 20.9. The Labute approximate surface area is 218 Å². The van der Waals surface area contributed by atoms with Gasteiger partial charge in [0, 0.05) is 18.8 Å². The van der Waals surface area contributed by atoms with Crippen LogP contribution in [0.5, 0.6) is 5.75 Å². The third kappa shape index (κ3) is 4.44. The predicted octanol–water partition coefficient (Wildman–Crippen LogP) is 2.74. The number of anilines is 2. The number of ether oxygens (including phenoxy) is 1. The van der Waals surface area contributed by atoms with Crippen LogP contribution in [-0.4, -0.2) is 46.9 Å². The van der Waals surface area contributed by atoms with Crippen molar-refractivity contribution in [1.82, 2.24) is 25.4 Å². The molecule has 0 saturated carbocycles. The van der Waals surface area contributed by atoms with Crippen LogP contribution in [-0.2, 0) is 21.4 Å². The fraction of sp³-hybridized carbons (Fsp3) is 0.0870. The second-order valence-electron chi connectivity index (χ2n) is 8.11. The molecule has 0 saturated heterocycles. The molecule has 4 aromatic heterocycles. The third-order valence-electron chi connectivity index (χ3n) is 5.59. The molecule has 6 rings (SSSR count). The molecule has 38 heavy (non-hydrogen) atoms. The van der Waals surface area contributed by atoms with Crippen LogP contribution >= 0.6 is 11.3 Å². The van der Waals surface area contributed by atoms with E-state index in [0.29, 0.717) is 22.0 Å². The topological polar surface area (TPSA) is 181 Å². The van der Waals surface area contributed by atoms with Crippen LogP contribution in [0.1, 0.15) is 16.1 Å². The molecule has 1 aliphatic rings. The zero-order valence-electron chi connectivity index (χ0n) is 19.2. The lowest BCUT2D eigenvalue weighted by molar-refractivity contribution is -0.118. The van der Waals surface area contributed by atoms with Crippen LogP contribution in [0.3, 0.4) is 0 Å². The molecule has 1 aromatic carbocycles. The number of thiophene rings is 1. The standard InChI is InChI=1S/C23H17N7O6S2/c31-18-10-35-16-2-1-12(7-14(16)28-18)8-25-23(32)22-21-20(26-11-27-22)15(9-24-21)30-38(33,34)19-4-3-17(37-19)13-5-6-36-29-13/h1-7,9,11,24,30H,8,10H2,(H,25,32)(H,28,31). The summed E-state index contributed by atoms with van der Waals surface area (Å²) in [7, 11) is -3.95. The molecule has 15 heteroatoms. The van der Waals surface area contributed by atoms with Gasteiger partial charge in [-0.15, -0.1) is 11.3 Å². The molecule has 0 atom stereocenters. The van der Waals surface area contributed by atoms with E-state index in [2.05, 4.69) is 35.5 Å². The van der Waals surface area contributed by atoms with Gasteiger partial charge in [-0.1, -0.05) is 11.2 Å². The zero-order chi connectivity index (χ0) is 26.3. The summed E-state index contributed by atoms with van der Waals surface area (Å²) in [5.74, 6) is -0.202. The molecule has 0 radical (unpaired) electrons. The number of benzene rings is 1. The summed E-state index contributed by atoms with van der Waals surface area (Å²) in [6, 6.07) is 9.94. The molecule has 5 aromatic rings. The Bertz CT molecular complexity index is 1790. The van der Waals surface area contributed by atoms with Gasteiger partial charge in [0.25, 0.3) is 21.8 Å². The number of carbonyl (C=O) groups is 2. The molecular formula is C23H17N7O6S2. The van der Waals surface area contributed by atoms with E-state index in [9.17, 15) is 18.0 Å². The Morgan fingerprint density at radius 2 is 2.05 bits per heavy atom. The number of nitrogens with one attached hydrogen (secondary N) is 4. The van der Waals surface area contributed by atoms with Crippen molar-refractivity contribution in [1.29, 1.82) is 0 Å². The van der Waals surface area contributed by atoms with Crippen molar-refractivity contribution >= 4 is 55.6 Å². The van der Waals surface area contributed by atoms with E-state index >= 15 is 0 Å². The minimum absolute atomic E-state index is 0.0412. The van der Waals surface area contributed by atoms with Gasteiger partial charge in [-0.3, -0.25) is 14.3 Å². The first-order valence-electron chi connectivity index (χ1n) is 11.1. The molecule has 2 amide bonds. The highest BCUT2D eigenvalue weighted by Gasteiger charge is 2.23. The van der Waals surface area contributed by atoms with Crippen molar-refractivity contribution in [2.24, 2.45) is 0 Å². The molecule has 0 fully saturated rings. The molecule has 5 heterocycles. The second kappa shape index (κ2) is 9.28. The van der Waals surface area contributed by atoms with Crippen molar-refractivity contribution in [3.63, 3.8) is 0 Å². The Balaban J connectivity index is 1.19. The Hall–Kier alpha value is -4.76. The molecule has 4 N–H and O–H groups in total. The van der Waals surface area contributed by atoms with Gasteiger partial charge < -0.3 is 24.9 Å². The first-order valence-corrected chi connectivity index (χ1v) is 13.4. The molecule has 0 unspecified atom stereocenters. The maximum Gasteiger partial charge on any atom is 0.272 e. The summed E-state index contributed by atoms with van der Waals surface area (Å²) in [4.78, 5) is 36.3. The number of aromatic nitrogens is 4. The predicted molar refractivity (Wildman–Crippen MR) is 136 cm³/mol. The first-order chi connectivity index (χ1) is 18.4. The van der Waals surface area contributed by atoms with E-state index in [0.717, 1.165) is 16.9 Å². The Morgan fingerprint density at radius 1 is 1.16 bits per heavy atom. The van der Waals surface area contributed by atoms with Gasteiger partial charge in [-0.2, -0.15) is 0 Å². The van der Waals surface area contributed by atoms with Crippen LogP contribution < -0.4 is 20.1 Å². The van der Waals surface area contributed by atoms with E-state index in [-0.39, 0.29) is 45.7 Å². The number of H-pyrrole nitrogens is 1. The molecule has 1 aliphatic heterocycles. The maximum absolute atomic E-state index is 13.0. The summed E-state index contributed by atoms with van der Waals surface area (Å²) >= 11 is 1.03. The summed E-state index contributed by atoms with van der Waals surface area (Å²) in [5.41, 5.74) is 2.49. The van der Waals surface area contributed by atoms with Crippen LogP contribution in [0.4, 0.5) is 11.4 Å². The minimum atomic E-state index is -3.95. The molecule has 0 spiro atoms. The SMILES string of the molecule is O=C1COc2ccc(CNC(=O)c3ncnc4c(NS(=O)(=O)c5ccc(-c6ccon6)s5)c[nH]c34)cc2N1. The highest BCUT2D eigenvalue weighted by molar-refractivity contribution is 7.94. The van der Waals surface area contributed by atoms with Gasteiger partial charge in [0.05, 0.1) is 21.8 Å². The lowest BCUT2D eigenvalue weighted by Gasteiger charge is -2.18. The largest absolute Gasteiger partial charge is 0.482 e. The Morgan fingerprint density at radius 3 is 2.89 bits per heavy atom. The van der Waals surface area contributed by atoms with Crippen LogP contribution in [0.25, 0.3) is 21.6 Å². The number of hydrogen-bond acceptors (Lipinski definition) is 10. The normalized spacial score (nSPS) is 13.0. The fourth-order valence-corrected chi connectivity index (χ4v) is 6.16. The van der Waals surface area contributed by atoms with Crippen molar-refractivity contribution < 1.29 is 27.3 Å². The number of nitrogens with zero attached hydrogens (tertiary/aromatic N) is 3.